The zero-order valence-electron chi connectivity index (χ0n) is 12.5. The minimum absolute atomic E-state index is 0.410. The van der Waals surface area contributed by atoms with Crippen LogP contribution < -0.4 is 0 Å². The van der Waals surface area contributed by atoms with E-state index in [1.807, 2.05) is 12.1 Å². The van der Waals surface area contributed by atoms with Crippen LogP contribution in [0.3, 0.4) is 0 Å². The molecule has 0 radical (unpaired) electrons. The molecule has 5 heteroatoms. The summed E-state index contributed by atoms with van der Waals surface area (Å²) in [5.41, 5.74) is 0. The lowest BCUT2D eigenvalue weighted by molar-refractivity contribution is 0.326. The van der Waals surface area contributed by atoms with Crippen LogP contribution in [0.25, 0.3) is 10.8 Å². The molecule has 2 aromatic rings. The van der Waals surface area contributed by atoms with Crippen LogP contribution in [0.15, 0.2) is 41.6 Å². The van der Waals surface area contributed by atoms with Gasteiger partial charge < -0.3 is 0 Å². The molecule has 22 heavy (non-hydrogen) atoms. The average Bonchev–Trinajstić information content (AvgIpc) is 2.89. The third kappa shape index (κ3) is 2.42. The second-order valence-electron chi connectivity index (χ2n) is 6.59. The van der Waals surface area contributed by atoms with E-state index in [1.54, 1.807) is 28.8 Å². The van der Waals surface area contributed by atoms with Crippen LogP contribution in [0.4, 0.5) is 0 Å². The van der Waals surface area contributed by atoms with Gasteiger partial charge in [-0.2, -0.15) is 4.31 Å². The quantitative estimate of drug-likeness (QED) is 0.855. The van der Waals surface area contributed by atoms with Crippen molar-refractivity contribution in [2.24, 2.45) is 11.8 Å². The third-order valence-corrected chi connectivity index (χ3v) is 6.97. The summed E-state index contributed by atoms with van der Waals surface area (Å²) >= 11 is 0. The van der Waals surface area contributed by atoms with E-state index in [9.17, 15) is 8.42 Å². The molecule has 2 bridgehead atoms. The standard InChI is InChI=1S/C17H20N2O2S/c20-22(21,19-11-13-1-2-14(12-19)4-3-13)17-6-5-16-10-18-8-7-15(16)9-17/h5-10,13-14H,1-4,11-12H2. The van der Waals surface area contributed by atoms with Crippen LogP contribution in [0, 0.1) is 11.8 Å². The van der Waals surface area contributed by atoms with E-state index in [0.29, 0.717) is 29.8 Å². The normalized spacial score (nSPS) is 26.2. The molecule has 0 amide bonds. The molecule has 3 fully saturated rings. The van der Waals surface area contributed by atoms with E-state index in [0.717, 1.165) is 10.8 Å². The fourth-order valence-corrected chi connectivity index (χ4v) is 5.44. The molecule has 1 aliphatic carbocycles. The Kier molecular flexibility index (Phi) is 3.42. The van der Waals surface area contributed by atoms with Crippen molar-refractivity contribution in [3.05, 3.63) is 36.7 Å². The lowest BCUT2D eigenvalue weighted by Gasteiger charge is -2.22. The summed E-state index contributed by atoms with van der Waals surface area (Å²) in [5.74, 6) is 1.08. The fraction of sp³-hybridized carbons (Fsp3) is 0.471. The van der Waals surface area contributed by atoms with Gasteiger partial charge in [-0.1, -0.05) is 6.07 Å². The Bertz CT molecular complexity index is 781. The van der Waals surface area contributed by atoms with Gasteiger partial charge in [-0.3, -0.25) is 4.98 Å². The number of pyridine rings is 1. The summed E-state index contributed by atoms with van der Waals surface area (Å²) in [5, 5.41) is 1.89. The van der Waals surface area contributed by atoms with Gasteiger partial charge in [-0.25, -0.2) is 8.42 Å². The first-order valence-electron chi connectivity index (χ1n) is 7.97. The zero-order valence-corrected chi connectivity index (χ0v) is 13.3. The first-order valence-corrected chi connectivity index (χ1v) is 9.41. The fourth-order valence-electron chi connectivity index (χ4n) is 3.81. The Morgan fingerprint density at radius 2 is 1.64 bits per heavy atom. The number of sulfonamides is 1. The Morgan fingerprint density at radius 1 is 0.955 bits per heavy atom. The number of hydrogen-bond donors (Lipinski definition) is 0. The second kappa shape index (κ2) is 5.32. The Morgan fingerprint density at radius 3 is 2.32 bits per heavy atom. The summed E-state index contributed by atoms with van der Waals surface area (Å²) < 4.78 is 27.8. The molecule has 4 nitrogen and oxygen atoms in total. The number of nitrogens with zero attached hydrogens (tertiary/aromatic N) is 2. The smallest absolute Gasteiger partial charge is 0.243 e. The first kappa shape index (κ1) is 14.2. The summed E-state index contributed by atoms with van der Waals surface area (Å²) in [4.78, 5) is 4.48. The van der Waals surface area contributed by atoms with Crippen LogP contribution in [-0.2, 0) is 10.0 Å². The van der Waals surface area contributed by atoms with Crippen molar-refractivity contribution >= 4 is 20.8 Å². The van der Waals surface area contributed by atoms with Crippen molar-refractivity contribution in [1.29, 1.82) is 0 Å². The van der Waals surface area contributed by atoms with Crippen LogP contribution in [0.5, 0.6) is 0 Å². The van der Waals surface area contributed by atoms with Gasteiger partial charge >= 0.3 is 0 Å². The summed E-state index contributed by atoms with van der Waals surface area (Å²) in [6, 6.07) is 7.20. The van der Waals surface area contributed by atoms with Crippen LogP contribution in [0.2, 0.25) is 0 Å². The van der Waals surface area contributed by atoms with Crippen LogP contribution >= 0.6 is 0 Å². The summed E-state index contributed by atoms with van der Waals surface area (Å²) in [7, 11) is -3.39. The van der Waals surface area contributed by atoms with Gasteiger partial charge in [0.05, 0.1) is 4.90 Å². The molecule has 2 aliphatic heterocycles. The highest BCUT2D eigenvalue weighted by molar-refractivity contribution is 7.89. The number of rotatable bonds is 2. The molecule has 0 atom stereocenters. The number of aromatic nitrogens is 1. The van der Waals surface area contributed by atoms with Gasteiger partial charge in [-0.15, -0.1) is 0 Å². The second-order valence-corrected chi connectivity index (χ2v) is 8.53. The number of fused-ring (bicyclic) bond motifs is 5. The SMILES string of the molecule is O=S(=O)(c1ccc2cnccc2c1)N1CC2CCC(CC2)C1. The van der Waals surface area contributed by atoms with E-state index in [4.69, 9.17) is 0 Å². The number of hydrogen-bond acceptors (Lipinski definition) is 3. The molecule has 0 unspecified atom stereocenters. The molecule has 0 N–H and O–H groups in total. The predicted molar refractivity (Wildman–Crippen MR) is 85.9 cm³/mol. The molecule has 1 saturated carbocycles. The van der Waals surface area contributed by atoms with Crippen LogP contribution in [-0.4, -0.2) is 30.8 Å². The van der Waals surface area contributed by atoms with Crippen LogP contribution in [0.1, 0.15) is 25.7 Å². The van der Waals surface area contributed by atoms with Gasteiger partial charge in [0.2, 0.25) is 10.0 Å². The van der Waals surface area contributed by atoms with E-state index < -0.39 is 10.0 Å². The summed E-state index contributed by atoms with van der Waals surface area (Å²) in [6.45, 7) is 1.38. The lowest BCUT2D eigenvalue weighted by atomic mass is 9.84. The Balaban J connectivity index is 1.72. The highest BCUT2D eigenvalue weighted by Gasteiger charge is 2.35. The van der Waals surface area contributed by atoms with Crippen molar-refractivity contribution in [2.75, 3.05) is 13.1 Å². The molecular formula is C17H20N2O2S. The van der Waals surface area contributed by atoms with Crippen molar-refractivity contribution in [2.45, 2.75) is 30.6 Å². The molecule has 2 saturated heterocycles. The molecule has 116 valence electrons. The third-order valence-electron chi connectivity index (χ3n) is 5.14. The maximum atomic E-state index is 13.0. The molecule has 3 aliphatic rings. The van der Waals surface area contributed by atoms with Gasteiger partial charge in [0.15, 0.2) is 0 Å². The van der Waals surface area contributed by atoms with Gasteiger partial charge in [-0.05, 0) is 61.1 Å². The van der Waals surface area contributed by atoms with Crippen molar-refractivity contribution in [1.82, 2.24) is 9.29 Å². The Hall–Kier alpha value is -1.46. The van der Waals surface area contributed by atoms with Gasteiger partial charge in [0.1, 0.15) is 0 Å². The lowest BCUT2D eigenvalue weighted by Crippen LogP contribution is -2.34. The minimum atomic E-state index is -3.39. The largest absolute Gasteiger partial charge is 0.264 e. The van der Waals surface area contributed by atoms with E-state index >= 15 is 0 Å². The van der Waals surface area contributed by atoms with Gasteiger partial charge in [0.25, 0.3) is 0 Å². The molecule has 1 aromatic heterocycles. The molecular weight excluding hydrogens is 296 g/mol. The maximum absolute atomic E-state index is 13.0. The van der Waals surface area contributed by atoms with E-state index in [-0.39, 0.29) is 0 Å². The highest BCUT2D eigenvalue weighted by Crippen LogP contribution is 2.36. The van der Waals surface area contributed by atoms with E-state index in [2.05, 4.69) is 4.98 Å². The average molecular weight is 316 g/mol. The number of benzene rings is 1. The van der Waals surface area contributed by atoms with Crippen molar-refractivity contribution in [3.63, 3.8) is 0 Å². The maximum Gasteiger partial charge on any atom is 0.243 e. The highest BCUT2D eigenvalue weighted by atomic mass is 32.2. The summed E-state index contributed by atoms with van der Waals surface area (Å²) in [6.07, 6.45) is 8.18. The predicted octanol–water partition coefficient (Wildman–Crippen LogP) is 3.05. The molecule has 5 rings (SSSR count). The Labute approximate surface area is 131 Å². The molecule has 0 spiro atoms. The zero-order chi connectivity index (χ0) is 15.2. The minimum Gasteiger partial charge on any atom is -0.264 e. The topological polar surface area (TPSA) is 50.3 Å². The van der Waals surface area contributed by atoms with Gasteiger partial charge in [0, 0.05) is 30.9 Å². The molecule has 1 aromatic carbocycles. The van der Waals surface area contributed by atoms with Crippen molar-refractivity contribution < 1.29 is 8.42 Å². The first-order chi connectivity index (χ1) is 10.6. The monoisotopic (exact) mass is 316 g/mol. The van der Waals surface area contributed by atoms with E-state index in [1.165, 1.54) is 25.7 Å². The molecule has 3 heterocycles. The van der Waals surface area contributed by atoms with Crippen molar-refractivity contribution in [3.8, 4) is 0 Å².